The summed E-state index contributed by atoms with van der Waals surface area (Å²) in [5.41, 5.74) is 6.21. The molecule has 1 heterocycles. The maximum atomic E-state index is 11.8. The van der Waals surface area contributed by atoms with Crippen molar-refractivity contribution in [3.8, 4) is 0 Å². The lowest BCUT2D eigenvalue weighted by molar-refractivity contribution is -0.130. The molecule has 1 aromatic heterocycles. The molecule has 0 aliphatic rings. The smallest absolute Gasteiger partial charge is 0.222 e. The minimum atomic E-state index is 0. The molecule has 2 N–H and O–H groups in total. The van der Waals surface area contributed by atoms with Gasteiger partial charge in [0.1, 0.15) is 11.5 Å². The van der Waals surface area contributed by atoms with Gasteiger partial charge in [-0.15, -0.1) is 12.4 Å². The van der Waals surface area contributed by atoms with Gasteiger partial charge >= 0.3 is 0 Å². The maximum Gasteiger partial charge on any atom is 0.222 e. The number of nitrogens with zero attached hydrogens (tertiary/aromatic N) is 2. The molecule has 0 spiro atoms. The summed E-state index contributed by atoms with van der Waals surface area (Å²) in [4.78, 5) is 13.5. The molecule has 0 unspecified atom stereocenters. The highest BCUT2D eigenvalue weighted by molar-refractivity contribution is 5.85. The quantitative estimate of drug-likeness (QED) is 0.745. The molecular formula is C13H24ClN3O2. The molecule has 0 aromatic carbocycles. The molecule has 19 heavy (non-hydrogen) atoms. The predicted molar refractivity (Wildman–Crippen MR) is 77.1 cm³/mol. The monoisotopic (exact) mass is 289 g/mol. The van der Waals surface area contributed by atoms with Crippen molar-refractivity contribution >= 4 is 18.3 Å². The van der Waals surface area contributed by atoms with E-state index in [1.165, 1.54) is 0 Å². The van der Waals surface area contributed by atoms with Crippen molar-refractivity contribution in [3.63, 3.8) is 0 Å². The molecule has 1 rings (SSSR count). The van der Waals surface area contributed by atoms with Crippen LogP contribution < -0.4 is 5.73 Å². The molecule has 0 atom stereocenters. The van der Waals surface area contributed by atoms with Crippen LogP contribution in [0.3, 0.4) is 0 Å². The van der Waals surface area contributed by atoms with Gasteiger partial charge in [0.25, 0.3) is 0 Å². The molecule has 0 fully saturated rings. The van der Waals surface area contributed by atoms with Crippen molar-refractivity contribution in [2.75, 3.05) is 13.6 Å². The highest BCUT2D eigenvalue weighted by Gasteiger charge is 2.10. The van der Waals surface area contributed by atoms with Crippen molar-refractivity contribution < 1.29 is 9.32 Å². The van der Waals surface area contributed by atoms with E-state index in [1.807, 2.05) is 13.0 Å². The SMILES string of the molecule is Cc1cc(CN(C)C(=O)CCCCCCN)no1.Cl. The zero-order valence-corrected chi connectivity index (χ0v) is 12.5. The van der Waals surface area contributed by atoms with Crippen molar-refractivity contribution in [1.29, 1.82) is 0 Å². The van der Waals surface area contributed by atoms with Crippen LogP contribution in [0.25, 0.3) is 0 Å². The summed E-state index contributed by atoms with van der Waals surface area (Å²) in [6.45, 7) is 3.09. The molecule has 0 saturated carbocycles. The van der Waals surface area contributed by atoms with Crippen LogP contribution in [-0.2, 0) is 11.3 Å². The number of aryl methyl sites for hydroxylation is 1. The Kier molecular flexibility index (Phi) is 9.26. The van der Waals surface area contributed by atoms with Gasteiger partial charge in [0.05, 0.1) is 6.54 Å². The summed E-state index contributed by atoms with van der Waals surface area (Å²) >= 11 is 0. The number of carbonyl (C=O) groups excluding carboxylic acids is 1. The van der Waals surface area contributed by atoms with Crippen LogP contribution >= 0.6 is 12.4 Å². The van der Waals surface area contributed by atoms with Gasteiger partial charge in [-0.05, 0) is 26.3 Å². The Bertz CT molecular complexity index is 369. The third-order valence-corrected chi connectivity index (χ3v) is 2.85. The highest BCUT2D eigenvalue weighted by Crippen LogP contribution is 2.08. The van der Waals surface area contributed by atoms with E-state index in [4.69, 9.17) is 10.3 Å². The Balaban J connectivity index is 0.00000324. The Labute approximate surface area is 120 Å². The van der Waals surface area contributed by atoms with Crippen molar-refractivity contribution in [2.45, 2.75) is 45.6 Å². The first-order valence-corrected chi connectivity index (χ1v) is 6.49. The second-order valence-electron chi connectivity index (χ2n) is 4.63. The molecular weight excluding hydrogens is 266 g/mol. The summed E-state index contributed by atoms with van der Waals surface area (Å²) in [6.07, 6.45) is 4.75. The Morgan fingerprint density at radius 2 is 2.05 bits per heavy atom. The number of nitrogens with two attached hydrogens (primary N) is 1. The Hall–Kier alpha value is -1.07. The first-order chi connectivity index (χ1) is 8.63. The molecule has 0 bridgehead atoms. The molecule has 1 aromatic rings. The molecule has 1 amide bonds. The number of amides is 1. The maximum absolute atomic E-state index is 11.8. The third-order valence-electron chi connectivity index (χ3n) is 2.85. The lowest BCUT2D eigenvalue weighted by Gasteiger charge is -2.15. The molecule has 0 saturated heterocycles. The number of rotatable bonds is 8. The number of hydrogen-bond donors (Lipinski definition) is 1. The molecule has 5 nitrogen and oxygen atoms in total. The summed E-state index contributed by atoms with van der Waals surface area (Å²) < 4.78 is 4.97. The van der Waals surface area contributed by atoms with E-state index >= 15 is 0 Å². The van der Waals surface area contributed by atoms with Gasteiger partial charge in [-0.25, -0.2) is 0 Å². The van der Waals surface area contributed by atoms with Crippen LogP contribution in [0.1, 0.15) is 43.6 Å². The van der Waals surface area contributed by atoms with Crippen molar-refractivity contribution in [2.24, 2.45) is 5.73 Å². The lowest BCUT2D eigenvalue weighted by Crippen LogP contribution is -2.25. The van der Waals surface area contributed by atoms with Gasteiger partial charge in [0.2, 0.25) is 5.91 Å². The molecule has 0 radical (unpaired) electrons. The second-order valence-corrected chi connectivity index (χ2v) is 4.63. The zero-order valence-electron chi connectivity index (χ0n) is 11.7. The highest BCUT2D eigenvalue weighted by atomic mass is 35.5. The topological polar surface area (TPSA) is 72.4 Å². The minimum Gasteiger partial charge on any atom is -0.361 e. The van der Waals surface area contributed by atoms with E-state index in [1.54, 1.807) is 11.9 Å². The van der Waals surface area contributed by atoms with Crippen molar-refractivity contribution in [1.82, 2.24) is 10.1 Å². The standard InChI is InChI=1S/C13H23N3O2.ClH/c1-11-9-12(15-18-11)10-16(2)13(17)7-5-3-4-6-8-14;/h9H,3-8,10,14H2,1-2H3;1H. The molecule has 0 aliphatic carbocycles. The van der Waals surface area contributed by atoms with E-state index in [0.29, 0.717) is 13.0 Å². The fraction of sp³-hybridized carbons (Fsp3) is 0.692. The van der Waals surface area contributed by atoms with Crippen LogP contribution in [0.5, 0.6) is 0 Å². The number of unbranched alkanes of at least 4 members (excludes halogenated alkanes) is 3. The predicted octanol–water partition coefficient (Wildman–Crippen LogP) is 2.27. The van der Waals surface area contributed by atoms with Gasteiger partial charge in [-0.1, -0.05) is 18.0 Å². The van der Waals surface area contributed by atoms with E-state index in [9.17, 15) is 4.79 Å². The molecule has 0 aliphatic heterocycles. The van der Waals surface area contributed by atoms with Gasteiger partial charge in [0, 0.05) is 19.5 Å². The Morgan fingerprint density at radius 1 is 1.37 bits per heavy atom. The van der Waals surface area contributed by atoms with Gasteiger partial charge in [-0.3, -0.25) is 4.79 Å². The van der Waals surface area contributed by atoms with Gasteiger partial charge in [-0.2, -0.15) is 0 Å². The Morgan fingerprint density at radius 3 is 2.63 bits per heavy atom. The summed E-state index contributed by atoms with van der Waals surface area (Å²) in [5, 5.41) is 3.88. The van der Waals surface area contributed by atoms with E-state index in [2.05, 4.69) is 5.16 Å². The number of halogens is 1. The van der Waals surface area contributed by atoms with Crippen LogP contribution in [0.4, 0.5) is 0 Å². The number of hydrogen-bond acceptors (Lipinski definition) is 4. The van der Waals surface area contributed by atoms with Crippen LogP contribution in [0, 0.1) is 6.92 Å². The first kappa shape index (κ1) is 17.9. The summed E-state index contributed by atoms with van der Waals surface area (Å²) in [6, 6.07) is 1.85. The first-order valence-electron chi connectivity index (χ1n) is 6.49. The van der Waals surface area contributed by atoms with E-state index < -0.39 is 0 Å². The van der Waals surface area contributed by atoms with Crippen molar-refractivity contribution in [3.05, 3.63) is 17.5 Å². The fourth-order valence-corrected chi connectivity index (χ4v) is 1.79. The lowest BCUT2D eigenvalue weighted by atomic mass is 10.1. The second kappa shape index (κ2) is 9.81. The van der Waals surface area contributed by atoms with E-state index in [0.717, 1.165) is 43.7 Å². The average molecular weight is 290 g/mol. The molecule has 110 valence electrons. The van der Waals surface area contributed by atoms with Gasteiger partial charge in [0.15, 0.2) is 0 Å². The normalized spacial score (nSPS) is 10.1. The molecule has 6 heteroatoms. The average Bonchev–Trinajstić information content (AvgIpc) is 2.74. The number of carbonyl (C=O) groups is 1. The van der Waals surface area contributed by atoms with Crippen LogP contribution in [0.2, 0.25) is 0 Å². The van der Waals surface area contributed by atoms with Crippen LogP contribution in [0.15, 0.2) is 10.6 Å². The van der Waals surface area contributed by atoms with Crippen LogP contribution in [-0.4, -0.2) is 29.6 Å². The minimum absolute atomic E-state index is 0. The largest absolute Gasteiger partial charge is 0.361 e. The summed E-state index contributed by atoms with van der Waals surface area (Å²) in [5.74, 6) is 0.927. The van der Waals surface area contributed by atoms with Gasteiger partial charge < -0.3 is 15.2 Å². The number of aromatic nitrogens is 1. The summed E-state index contributed by atoms with van der Waals surface area (Å²) in [7, 11) is 1.80. The fourth-order valence-electron chi connectivity index (χ4n) is 1.79. The zero-order chi connectivity index (χ0) is 13.4. The van der Waals surface area contributed by atoms with E-state index in [-0.39, 0.29) is 18.3 Å². The third kappa shape index (κ3) is 7.18.